The topological polar surface area (TPSA) is 94.0 Å². The predicted octanol–water partition coefficient (Wildman–Crippen LogP) is 2.03. The summed E-state index contributed by atoms with van der Waals surface area (Å²) in [6.07, 6.45) is 1.48. The minimum atomic E-state index is -0.474. The van der Waals surface area contributed by atoms with Gasteiger partial charge in [0.15, 0.2) is 0 Å². The second kappa shape index (κ2) is 6.58. The molecular weight excluding hydrogens is 276 g/mol. The number of pyridine rings is 1. The molecule has 1 heterocycles. The SMILES string of the molecule is CC(C)(CNc1ccc(C(N)=O)cn1)c1cccc(CN)c1. The van der Waals surface area contributed by atoms with Gasteiger partial charge in [-0.2, -0.15) is 0 Å². The number of primary amides is 1. The number of anilines is 1. The van der Waals surface area contributed by atoms with E-state index in [1.807, 2.05) is 12.1 Å². The van der Waals surface area contributed by atoms with E-state index in [2.05, 4.69) is 36.3 Å². The van der Waals surface area contributed by atoms with Crippen molar-refractivity contribution in [2.45, 2.75) is 25.8 Å². The smallest absolute Gasteiger partial charge is 0.250 e. The molecule has 5 nitrogen and oxygen atoms in total. The summed E-state index contributed by atoms with van der Waals surface area (Å²) in [6.45, 7) is 5.57. The molecule has 5 heteroatoms. The van der Waals surface area contributed by atoms with Crippen molar-refractivity contribution in [1.29, 1.82) is 0 Å². The summed E-state index contributed by atoms with van der Waals surface area (Å²) in [6, 6.07) is 11.7. The number of nitrogens with zero attached hydrogens (tertiary/aromatic N) is 1. The number of amides is 1. The first-order valence-electron chi connectivity index (χ1n) is 7.21. The number of hydrogen-bond acceptors (Lipinski definition) is 4. The molecule has 0 bridgehead atoms. The monoisotopic (exact) mass is 298 g/mol. The number of carbonyl (C=O) groups excluding carboxylic acids is 1. The second-order valence-corrected chi connectivity index (χ2v) is 5.94. The molecule has 0 spiro atoms. The molecule has 0 saturated heterocycles. The summed E-state index contributed by atoms with van der Waals surface area (Å²) in [5, 5.41) is 3.29. The van der Waals surface area contributed by atoms with Gasteiger partial charge in [0.2, 0.25) is 5.91 Å². The van der Waals surface area contributed by atoms with Crippen LogP contribution in [0.3, 0.4) is 0 Å². The maximum atomic E-state index is 11.0. The molecule has 116 valence electrons. The number of nitrogens with two attached hydrogens (primary N) is 2. The molecule has 1 aromatic heterocycles. The Balaban J connectivity index is 2.06. The molecule has 0 unspecified atom stereocenters. The highest BCUT2D eigenvalue weighted by molar-refractivity contribution is 5.92. The van der Waals surface area contributed by atoms with Gasteiger partial charge in [-0.25, -0.2) is 4.98 Å². The second-order valence-electron chi connectivity index (χ2n) is 5.94. The third kappa shape index (κ3) is 3.83. The van der Waals surface area contributed by atoms with Crippen LogP contribution in [-0.4, -0.2) is 17.4 Å². The minimum Gasteiger partial charge on any atom is -0.369 e. The average Bonchev–Trinajstić information content (AvgIpc) is 2.53. The number of aromatic nitrogens is 1. The third-order valence-corrected chi connectivity index (χ3v) is 3.70. The van der Waals surface area contributed by atoms with E-state index in [-0.39, 0.29) is 5.41 Å². The maximum Gasteiger partial charge on any atom is 0.250 e. The number of hydrogen-bond donors (Lipinski definition) is 3. The van der Waals surface area contributed by atoms with Crippen LogP contribution in [0.1, 0.15) is 35.3 Å². The van der Waals surface area contributed by atoms with Crippen LogP contribution in [0.25, 0.3) is 0 Å². The van der Waals surface area contributed by atoms with Gasteiger partial charge in [0.05, 0.1) is 5.56 Å². The van der Waals surface area contributed by atoms with Crippen LogP contribution >= 0.6 is 0 Å². The standard InChI is InChI=1S/C17H22N4O/c1-17(2,14-5-3-4-12(8-14)9-18)11-21-15-7-6-13(10-20-15)16(19)22/h3-8,10H,9,11,18H2,1-2H3,(H2,19,22)(H,20,21). The summed E-state index contributed by atoms with van der Waals surface area (Å²) in [4.78, 5) is 15.2. The van der Waals surface area contributed by atoms with E-state index in [1.165, 1.54) is 11.8 Å². The highest BCUT2D eigenvalue weighted by atomic mass is 16.1. The normalized spacial score (nSPS) is 11.2. The molecule has 0 fully saturated rings. The molecule has 0 aliphatic carbocycles. The van der Waals surface area contributed by atoms with E-state index in [0.29, 0.717) is 24.5 Å². The van der Waals surface area contributed by atoms with Crippen LogP contribution < -0.4 is 16.8 Å². The fraction of sp³-hybridized carbons (Fsp3) is 0.294. The Morgan fingerprint density at radius 3 is 2.64 bits per heavy atom. The lowest BCUT2D eigenvalue weighted by molar-refractivity contribution is 0.1000. The van der Waals surface area contributed by atoms with Crippen molar-refractivity contribution in [2.75, 3.05) is 11.9 Å². The Kier molecular flexibility index (Phi) is 4.78. The van der Waals surface area contributed by atoms with E-state index in [9.17, 15) is 4.79 Å². The van der Waals surface area contributed by atoms with Crippen molar-refractivity contribution in [3.8, 4) is 0 Å². The predicted molar refractivity (Wildman–Crippen MR) is 88.6 cm³/mol. The van der Waals surface area contributed by atoms with Crippen LogP contribution in [0.4, 0.5) is 5.82 Å². The summed E-state index contributed by atoms with van der Waals surface area (Å²) in [5.41, 5.74) is 13.6. The van der Waals surface area contributed by atoms with E-state index in [0.717, 1.165) is 5.56 Å². The zero-order valence-corrected chi connectivity index (χ0v) is 13.0. The molecule has 0 aliphatic heterocycles. The number of carbonyl (C=O) groups is 1. The molecule has 0 saturated carbocycles. The number of nitrogens with one attached hydrogen (secondary N) is 1. The first-order chi connectivity index (χ1) is 10.4. The van der Waals surface area contributed by atoms with Crippen molar-refractivity contribution >= 4 is 11.7 Å². The van der Waals surface area contributed by atoms with E-state index >= 15 is 0 Å². The lowest BCUT2D eigenvalue weighted by Gasteiger charge is -2.26. The molecule has 22 heavy (non-hydrogen) atoms. The van der Waals surface area contributed by atoms with Crippen molar-refractivity contribution < 1.29 is 4.79 Å². The Bertz CT molecular complexity index is 650. The van der Waals surface area contributed by atoms with E-state index < -0.39 is 5.91 Å². The fourth-order valence-corrected chi connectivity index (χ4v) is 2.18. The van der Waals surface area contributed by atoms with Crippen LogP contribution in [0.15, 0.2) is 42.6 Å². The van der Waals surface area contributed by atoms with Crippen molar-refractivity contribution in [1.82, 2.24) is 4.98 Å². The van der Waals surface area contributed by atoms with Crippen LogP contribution in [-0.2, 0) is 12.0 Å². The lowest BCUT2D eigenvalue weighted by atomic mass is 9.84. The van der Waals surface area contributed by atoms with Gasteiger partial charge >= 0.3 is 0 Å². The van der Waals surface area contributed by atoms with Gasteiger partial charge in [-0.05, 0) is 23.3 Å². The summed E-state index contributed by atoms with van der Waals surface area (Å²) in [5.74, 6) is 0.242. The first kappa shape index (κ1) is 16.0. The highest BCUT2D eigenvalue weighted by Crippen LogP contribution is 2.24. The average molecular weight is 298 g/mol. The highest BCUT2D eigenvalue weighted by Gasteiger charge is 2.20. The number of rotatable bonds is 6. The Hall–Kier alpha value is -2.40. The van der Waals surface area contributed by atoms with Crippen LogP contribution in [0.5, 0.6) is 0 Å². The molecule has 2 aromatic rings. The van der Waals surface area contributed by atoms with E-state index in [1.54, 1.807) is 12.1 Å². The van der Waals surface area contributed by atoms with Crippen molar-refractivity contribution in [3.63, 3.8) is 0 Å². The summed E-state index contributed by atoms with van der Waals surface area (Å²) >= 11 is 0. The van der Waals surface area contributed by atoms with Gasteiger partial charge in [0.25, 0.3) is 0 Å². The zero-order valence-electron chi connectivity index (χ0n) is 13.0. The third-order valence-electron chi connectivity index (χ3n) is 3.70. The molecular formula is C17H22N4O. The molecule has 0 aliphatic rings. The van der Waals surface area contributed by atoms with Crippen LogP contribution in [0, 0.1) is 0 Å². The van der Waals surface area contributed by atoms with Crippen molar-refractivity contribution in [3.05, 3.63) is 59.3 Å². The van der Waals surface area contributed by atoms with E-state index in [4.69, 9.17) is 11.5 Å². The summed E-state index contributed by atoms with van der Waals surface area (Å²) < 4.78 is 0. The molecule has 5 N–H and O–H groups in total. The zero-order chi connectivity index (χ0) is 16.2. The molecule has 0 atom stereocenters. The quantitative estimate of drug-likeness (QED) is 0.760. The fourth-order valence-electron chi connectivity index (χ4n) is 2.18. The number of benzene rings is 1. The summed E-state index contributed by atoms with van der Waals surface area (Å²) in [7, 11) is 0. The van der Waals surface area contributed by atoms with Gasteiger partial charge in [-0.1, -0.05) is 38.1 Å². The van der Waals surface area contributed by atoms with Gasteiger partial charge in [-0.15, -0.1) is 0 Å². The lowest BCUT2D eigenvalue weighted by Crippen LogP contribution is -2.28. The van der Waals surface area contributed by atoms with Gasteiger partial charge < -0.3 is 16.8 Å². The van der Waals surface area contributed by atoms with Crippen LogP contribution in [0.2, 0.25) is 0 Å². The Morgan fingerprint density at radius 2 is 2.05 bits per heavy atom. The van der Waals surface area contributed by atoms with Gasteiger partial charge in [0.1, 0.15) is 5.82 Å². The first-order valence-corrected chi connectivity index (χ1v) is 7.21. The van der Waals surface area contributed by atoms with Crippen molar-refractivity contribution in [2.24, 2.45) is 11.5 Å². The van der Waals surface area contributed by atoms with Gasteiger partial charge in [0, 0.05) is 24.7 Å². The Labute approximate surface area is 130 Å². The maximum absolute atomic E-state index is 11.0. The molecule has 0 radical (unpaired) electrons. The minimum absolute atomic E-state index is 0.0742. The molecule has 1 amide bonds. The Morgan fingerprint density at radius 1 is 1.27 bits per heavy atom. The largest absolute Gasteiger partial charge is 0.369 e. The molecule has 2 rings (SSSR count). The molecule has 1 aromatic carbocycles. The van der Waals surface area contributed by atoms with Gasteiger partial charge in [-0.3, -0.25) is 4.79 Å².